The molecule has 2 amide bonds. The van der Waals surface area contributed by atoms with Crippen molar-refractivity contribution in [2.45, 2.75) is 45.3 Å². The topological polar surface area (TPSA) is 62.7 Å². The summed E-state index contributed by atoms with van der Waals surface area (Å²) in [5.74, 6) is 0.204. The van der Waals surface area contributed by atoms with Crippen LogP contribution in [0.4, 0.5) is 5.13 Å². The van der Waals surface area contributed by atoms with Crippen LogP contribution < -0.4 is 4.90 Å². The van der Waals surface area contributed by atoms with E-state index in [2.05, 4.69) is 4.98 Å². The molecule has 1 aromatic rings. The average molecular weight is 323 g/mol. The van der Waals surface area contributed by atoms with E-state index in [1.165, 1.54) is 11.3 Å². The van der Waals surface area contributed by atoms with Gasteiger partial charge in [0.25, 0.3) is 0 Å². The van der Waals surface area contributed by atoms with Gasteiger partial charge in [-0.05, 0) is 20.3 Å². The molecule has 6 nitrogen and oxygen atoms in total. The number of ether oxygens (including phenoxy) is 1. The summed E-state index contributed by atoms with van der Waals surface area (Å²) in [6, 6.07) is 0.0990. The van der Waals surface area contributed by atoms with Crippen molar-refractivity contribution in [1.29, 1.82) is 0 Å². The first-order valence-corrected chi connectivity index (χ1v) is 8.58. The summed E-state index contributed by atoms with van der Waals surface area (Å²) in [7, 11) is 0. The minimum atomic E-state index is 0.0762. The Kier molecular flexibility index (Phi) is 4.44. The second kappa shape index (κ2) is 6.34. The van der Waals surface area contributed by atoms with E-state index < -0.39 is 0 Å². The zero-order valence-corrected chi connectivity index (χ0v) is 13.8. The maximum absolute atomic E-state index is 12.5. The molecule has 0 spiro atoms. The number of hydrogen-bond donors (Lipinski definition) is 0. The summed E-state index contributed by atoms with van der Waals surface area (Å²) in [6.45, 7) is 5.92. The number of anilines is 1. The largest absolute Gasteiger partial charge is 0.375 e. The smallest absolute Gasteiger partial charge is 0.229 e. The third kappa shape index (κ3) is 3.15. The van der Waals surface area contributed by atoms with Crippen molar-refractivity contribution < 1.29 is 14.3 Å². The summed E-state index contributed by atoms with van der Waals surface area (Å²) in [5, 5.41) is 2.60. The van der Waals surface area contributed by atoms with Crippen LogP contribution in [0.25, 0.3) is 0 Å². The van der Waals surface area contributed by atoms with Gasteiger partial charge in [0, 0.05) is 24.9 Å². The molecule has 7 heteroatoms. The van der Waals surface area contributed by atoms with Crippen LogP contribution in [0.15, 0.2) is 5.38 Å². The van der Waals surface area contributed by atoms with E-state index in [-0.39, 0.29) is 30.4 Å². The number of aromatic nitrogens is 1. The summed E-state index contributed by atoms with van der Waals surface area (Å²) in [5.41, 5.74) is 0.746. The number of hydrogen-bond acceptors (Lipinski definition) is 5. The van der Waals surface area contributed by atoms with Crippen molar-refractivity contribution in [1.82, 2.24) is 9.88 Å². The number of carbonyl (C=O) groups excluding carboxylic acids is 2. The van der Waals surface area contributed by atoms with E-state index in [0.717, 1.165) is 18.7 Å². The van der Waals surface area contributed by atoms with Crippen molar-refractivity contribution in [3.8, 4) is 0 Å². The molecule has 2 saturated heterocycles. The van der Waals surface area contributed by atoms with Crippen LogP contribution in [0.2, 0.25) is 0 Å². The quantitative estimate of drug-likeness (QED) is 0.844. The van der Waals surface area contributed by atoms with Crippen molar-refractivity contribution in [2.24, 2.45) is 0 Å². The lowest BCUT2D eigenvalue weighted by Gasteiger charge is -2.36. The highest BCUT2D eigenvalue weighted by atomic mass is 32.1. The second-order valence-electron chi connectivity index (χ2n) is 5.99. The van der Waals surface area contributed by atoms with E-state index in [0.29, 0.717) is 24.7 Å². The Morgan fingerprint density at radius 3 is 3.05 bits per heavy atom. The summed E-state index contributed by atoms with van der Waals surface area (Å²) in [6.07, 6.45) is 1.84. The Balaban J connectivity index is 1.64. The fourth-order valence-electron chi connectivity index (χ4n) is 2.86. The first-order valence-electron chi connectivity index (χ1n) is 7.70. The second-order valence-corrected chi connectivity index (χ2v) is 6.82. The monoisotopic (exact) mass is 323 g/mol. The molecule has 0 aromatic carbocycles. The van der Waals surface area contributed by atoms with Gasteiger partial charge < -0.3 is 9.64 Å². The number of carbonyl (C=O) groups is 2. The number of nitrogens with zero attached hydrogens (tertiary/aromatic N) is 3. The van der Waals surface area contributed by atoms with Gasteiger partial charge in [-0.25, -0.2) is 4.98 Å². The minimum absolute atomic E-state index is 0.0762. The van der Waals surface area contributed by atoms with Crippen molar-refractivity contribution in [2.75, 3.05) is 24.6 Å². The fraction of sp³-hybridized carbons (Fsp3) is 0.667. The van der Waals surface area contributed by atoms with Gasteiger partial charge in [0.1, 0.15) is 0 Å². The lowest BCUT2D eigenvalue weighted by molar-refractivity contribution is -0.142. The molecule has 0 bridgehead atoms. The number of morpholine rings is 1. The molecular formula is C15H21N3O3S. The zero-order valence-electron chi connectivity index (χ0n) is 12.9. The molecule has 0 saturated carbocycles. The van der Waals surface area contributed by atoms with Crippen molar-refractivity contribution in [3.05, 3.63) is 11.1 Å². The van der Waals surface area contributed by atoms with E-state index in [1.807, 2.05) is 24.1 Å². The number of amides is 2. The van der Waals surface area contributed by atoms with Crippen molar-refractivity contribution in [3.63, 3.8) is 0 Å². The lowest BCUT2D eigenvalue weighted by Crippen LogP contribution is -2.50. The van der Waals surface area contributed by atoms with Crippen LogP contribution in [0, 0.1) is 0 Å². The van der Waals surface area contributed by atoms with Crippen LogP contribution in [0.1, 0.15) is 32.4 Å². The molecular weight excluding hydrogens is 302 g/mol. The Hall–Kier alpha value is -1.47. The predicted octanol–water partition coefficient (Wildman–Crippen LogP) is 1.45. The Bertz CT molecular complexity index is 574. The van der Waals surface area contributed by atoms with E-state index in [1.54, 1.807) is 4.90 Å². The summed E-state index contributed by atoms with van der Waals surface area (Å²) >= 11 is 1.44. The maximum Gasteiger partial charge on any atom is 0.229 e. The normalized spacial score (nSPS) is 25.8. The molecule has 2 fully saturated rings. The maximum atomic E-state index is 12.5. The highest BCUT2D eigenvalue weighted by Crippen LogP contribution is 2.25. The standard InChI is InChI=1S/C15H21N3O3S/c1-10-8-21-11(2)7-18(10)14(20)6-12-9-22-15(16-12)17-5-3-4-13(17)19/h9-11H,3-8H2,1-2H3/t10-,11+/m1/s1. The van der Waals surface area contributed by atoms with Gasteiger partial charge in [-0.1, -0.05) is 0 Å². The third-order valence-corrected chi connectivity index (χ3v) is 5.02. The van der Waals surface area contributed by atoms with Crippen LogP contribution in [0.5, 0.6) is 0 Å². The molecule has 2 aliphatic rings. The Morgan fingerprint density at radius 1 is 1.50 bits per heavy atom. The van der Waals surface area contributed by atoms with Crippen LogP contribution in [-0.4, -0.2) is 53.5 Å². The van der Waals surface area contributed by atoms with E-state index in [4.69, 9.17) is 4.74 Å². The van der Waals surface area contributed by atoms with Crippen molar-refractivity contribution >= 4 is 28.3 Å². The highest BCUT2D eigenvalue weighted by molar-refractivity contribution is 7.14. The molecule has 3 heterocycles. The zero-order chi connectivity index (χ0) is 15.7. The molecule has 0 unspecified atom stereocenters. The average Bonchev–Trinajstić information content (AvgIpc) is 3.10. The number of rotatable bonds is 3. The Labute approximate surface area is 134 Å². The first-order chi connectivity index (χ1) is 10.5. The van der Waals surface area contributed by atoms with Gasteiger partial charge in [0.2, 0.25) is 11.8 Å². The Morgan fingerprint density at radius 2 is 2.32 bits per heavy atom. The highest BCUT2D eigenvalue weighted by Gasteiger charge is 2.29. The van der Waals surface area contributed by atoms with E-state index in [9.17, 15) is 9.59 Å². The van der Waals surface area contributed by atoms with Gasteiger partial charge in [-0.2, -0.15) is 0 Å². The lowest BCUT2D eigenvalue weighted by atomic mass is 10.2. The van der Waals surface area contributed by atoms with Gasteiger partial charge in [-0.3, -0.25) is 14.5 Å². The third-order valence-electron chi connectivity index (χ3n) is 4.10. The fourth-order valence-corrected chi connectivity index (χ4v) is 3.73. The van der Waals surface area contributed by atoms with Gasteiger partial charge in [0.05, 0.1) is 30.9 Å². The molecule has 0 N–H and O–H groups in total. The molecule has 3 rings (SSSR count). The molecule has 0 aliphatic carbocycles. The summed E-state index contributed by atoms with van der Waals surface area (Å²) < 4.78 is 5.55. The van der Waals surface area contributed by atoms with E-state index >= 15 is 0 Å². The van der Waals surface area contributed by atoms with Gasteiger partial charge in [-0.15, -0.1) is 11.3 Å². The van der Waals surface area contributed by atoms with Crippen LogP contribution >= 0.6 is 11.3 Å². The molecule has 2 atom stereocenters. The first kappa shape index (κ1) is 15.4. The number of thiazole rings is 1. The molecule has 120 valence electrons. The molecule has 2 aliphatic heterocycles. The van der Waals surface area contributed by atoms with Gasteiger partial charge >= 0.3 is 0 Å². The summed E-state index contributed by atoms with van der Waals surface area (Å²) in [4.78, 5) is 32.3. The van der Waals surface area contributed by atoms with Gasteiger partial charge in [0.15, 0.2) is 5.13 Å². The van der Waals surface area contributed by atoms with Crippen LogP contribution in [0.3, 0.4) is 0 Å². The predicted molar refractivity (Wildman–Crippen MR) is 84.0 cm³/mol. The SMILES string of the molecule is C[C@@H]1CO[C@@H](C)CN1C(=O)Cc1csc(N2CCCC2=O)n1. The molecule has 0 radical (unpaired) electrons. The van der Waals surface area contributed by atoms with Crippen LogP contribution in [-0.2, 0) is 20.7 Å². The minimum Gasteiger partial charge on any atom is -0.375 e. The molecule has 1 aromatic heterocycles. The molecule has 22 heavy (non-hydrogen) atoms.